The van der Waals surface area contributed by atoms with Crippen molar-refractivity contribution in [2.24, 2.45) is 0 Å². The Morgan fingerprint density at radius 1 is 0.842 bits per heavy atom. The lowest BCUT2D eigenvalue weighted by Gasteiger charge is -2.27. The van der Waals surface area contributed by atoms with E-state index in [1.54, 1.807) is 19.3 Å². The second-order valence-electron chi connectivity index (χ2n) is 14.2. The largest absolute Gasteiger partial charge is 0.483 e. The quantitative estimate of drug-likeness (QED) is 0.0580. The Bertz CT molecular complexity index is 2120. The van der Waals surface area contributed by atoms with Gasteiger partial charge < -0.3 is 26.0 Å². The minimum absolute atomic E-state index is 0.0131. The van der Waals surface area contributed by atoms with Crippen LogP contribution in [0.3, 0.4) is 0 Å². The van der Waals surface area contributed by atoms with Gasteiger partial charge in [0.1, 0.15) is 11.8 Å². The fourth-order valence-corrected chi connectivity index (χ4v) is 7.16. The number of imide groups is 2. The molecule has 14 heteroatoms. The summed E-state index contributed by atoms with van der Waals surface area (Å²) < 4.78 is 5.66. The number of rotatable bonds is 20. The highest BCUT2D eigenvalue weighted by molar-refractivity contribution is 6.24. The Morgan fingerprint density at radius 3 is 2.32 bits per heavy atom. The minimum Gasteiger partial charge on any atom is -0.483 e. The van der Waals surface area contributed by atoms with Gasteiger partial charge in [0, 0.05) is 50.4 Å². The zero-order chi connectivity index (χ0) is 40.1. The fourth-order valence-electron chi connectivity index (χ4n) is 7.16. The first-order valence-corrected chi connectivity index (χ1v) is 19.7. The van der Waals surface area contributed by atoms with Crippen molar-refractivity contribution < 1.29 is 33.5 Å². The molecule has 0 saturated carbocycles. The lowest BCUT2D eigenvalue weighted by Crippen LogP contribution is -2.54. The highest BCUT2D eigenvalue weighted by atomic mass is 16.5. The number of hydrogen-bond acceptors (Lipinski definition) is 10. The zero-order valence-electron chi connectivity index (χ0n) is 32.2. The number of nitrogens with one attached hydrogen (secondary N) is 5. The van der Waals surface area contributed by atoms with Gasteiger partial charge in [-0.15, -0.1) is 0 Å². The van der Waals surface area contributed by atoms with Gasteiger partial charge in [0.15, 0.2) is 6.61 Å². The summed E-state index contributed by atoms with van der Waals surface area (Å²) in [6, 6.07) is 19.6. The Morgan fingerprint density at radius 2 is 1.58 bits per heavy atom. The van der Waals surface area contributed by atoms with E-state index in [1.807, 2.05) is 42.5 Å². The Labute approximate surface area is 331 Å². The highest BCUT2D eigenvalue weighted by Gasteiger charge is 2.46. The molecule has 1 unspecified atom stereocenters. The van der Waals surface area contributed by atoms with Crippen molar-refractivity contribution in [2.75, 3.05) is 37.4 Å². The molecule has 5 N–H and O–H groups in total. The summed E-state index contributed by atoms with van der Waals surface area (Å²) in [6.45, 7) is 1.60. The van der Waals surface area contributed by atoms with Crippen LogP contribution in [0.25, 0.3) is 10.9 Å². The molecule has 2 aliphatic heterocycles. The van der Waals surface area contributed by atoms with Crippen LogP contribution in [0.1, 0.15) is 101 Å². The van der Waals surface area contributed by atoms with Crippen molar-refractivity contribution in [2.45, 2.75) is 76.8 Å². The standard InChI is InChI=1S/C43H49N7O7/c1-44-40(53)32-26-47-33-19-18-29(24-31(33)39(32)48-25-28-14-9-8-10-15-28)45-22-11-6-4-2-3-5-7-12-23-46-37(52)27-57-35-17-13-16-30-38(35)43(56)50(42(30)55)34-20-21-36(51)49-41(34)54/h8-10,13-19,24,26,34,45H,2-7,11-12,20-23,25,27H2,1H3,(H,44,53)(H,46,52)(H,47,48)(H,49,51,54). The number of benzene rings is 3. The van der Waals surface area contributed by atoms with Crippen LogP contribution in [0.15, 0.2) is 72.9 Å². The molecule has 3 aromatic carbocycles. The van der Waals surface area contributed by atoms with Crippen LogP contribution >= 0.6 is 0 Å². The molecule has 1 saturated heterocycles. The number of carbonyl (C=O) groups excluding carboxylic acids is 6. The zero-order valence-corrected chi connectivity index (χ0v) is 32.2. The number of ether oxygens (including phenoxy) is 1. The summed E-state index contributed by atoms with van der Waals surface area (Å²) >= 11 is 0. The summed E-state index contributed by atoms with van der Waals surface area (Å²) in [5.41, 5.74) is 4.28. The predicted octanol–water partition coefficient (Wildman–Crippen LogP) is 5.34. The van der Waals surface area contributed by atoms with Crippen LogP contribution in [-0.4, -0.2) is 78.1 Å². The molecule has 57 heavy (non-hydrogen) atoms. The summed E-state index contributed by atoms with van der Waals surface area (Å²) in [5.74, 6) is -2.88. The van der Waals surface area contributed by atoms with Crippen molar-refractivity contribution in [3.05, 3.63) is 95.2 Å². The van der Waals surface area contributed by atoms with Crippen LogP contribution in [0, 0.1) is 0 Å². The molecule has 6 amide bonds. The van der Waals surface area contributed by atoms with E-state index in [0.29, 0.717) is 18.7 Å². The number of aromatic nitrogens is 1. The first-order valence-electron chi connectivity index (χ1n) is 19.7. The van der Waals surface area contributed by atoms with E-state index in [4.69, 9.17) is 4.74 Å². The lowest BCUT2D eigenvalue weighted by molar-refractivity contribution is -0.136. The summed E-state index contributed by atoms with van der Waals surface area (Å²) in [7, 11) is 1.62. The first-order chi connectivity index (χ1) is 27.7. The SMILES string of the molecule is CNC(=O)c1cnc2ccc(NCCCCCCCCCCNC(=O)COc3cccc4c3C(=O)N(C3CCC(=O)NC3=O)C4=O)cc2c1NCc1ccccc1. The van der Waals surface area contributed by atoms with Crippen LogP contribution < -0.4 is 31.3 Å². The summed E-state index contributed by atoms with van der Waals surface area (Å²) in [5, 5.41) is 15.6. The average molecular weight is 776 g/mol. The number of amides is 6. The first kappa shape index (κ1) is 40.4. The van der Waals surface area contributed by atoms with Gasteiger partial charge in [-0.2, -0.15) is 0 Å². The van der Waals surface area contributed by atoms with E-state index in [2.05, 4.69) is 37.6 Å². The third kappa shape index (κ3) is 10.1. The maximum absolute atomic E-state index is 13.2. The van der Waals surface area contributed by atoms with Crippen molar-refractivity contribution in [1.82, 2.24) is 25.8 Å². The molecule has 3 heterocycles. The van der Waals surface area contributed by atoms with E-state index in [1.165, 1.54) is 12.1 Å². The third-order valence-electron chi connectivity index (χ3n) is 10.2. The fraction of sp³-hybridized carbons (Fsp3) is 0.372. The summed E-state index contributed by atoms with van der Waals surface area (Å²) in [4.78, 5) is 80.7. The molecule has 6 rings (SSSR count). The topological polar surface area (TPSA) is 188 Å². The number of hydrogen-bond donors (Lipinski definition) is 5. The van der Waals surface area contributed by atoms with Crippen LogP contribution in [0.2, 0.25) is 0 Å². The van der Waals surface area contributed by atoms with Gasteiger partial charge in [-0.05, 0) is 55.2 Å². The highest BCUT2D eigenvalue weighted by Crippen LogP contribution is 2.34. The Balaban J connectivity index is 0.844. The normalized spacial score (nSPS) is 15.0. The van der Waals surface area contributed by atoms with Crippen molar-refractivity contribution in [3.8, 4) is 5.75 Å². The van der Waals surface area contributed by atoms with Gasteiger partial charge in [-0.1, -0.05) is 74.9 Å². The van der Waals surface area contributed by atoms with Gasteiger partial charge >= 0.3 is 0 Å². The van der Waals surface area contributed by atoms with Crippen molar-refractivity contribution >= 4 is 57.7 Å². The van der Waals surface area contributed by atoms with E-state index < -0.39 is 29.7 Å². The molecule has 0 radical (unpaired) electrons. The number of piperidine rings is 1. The molecule has 14 nitrogen and oxygen atoms in total. The predicted molar refractivity (Wildman–Crippen MR) is 216 cm³/mol. The van der Waals surface area contributed by atoms with Gasteiger partial charge in [0.2, 0.25) is 11.8 Å². The molecule has 1 aromatic heterocycles. The smallest absolute Gasteiger partial charge is 0.266 e. The van der Waals surface area contributed by atoms with Crippen LogP contribution in [0.5, 0.6) is 5.75 Å². The molecular weight excluding hydrogens is 727 g/mol. The molecule has 0 bridgehead atoms. The van der Waals surface area contributed by atoms with Crippen LogP contribution in [0.4, 0.5) is 11.4 Å². The van der Waals surface area contributed by atoms with Crippen molar-refractivity contribution in [3.63, 3.8) is 0 Å². The number of nitrogens with zero attached hydrogens (tertiary/aromatic N) is 2. The molecule has 0 aliphatic carbocycles. The van der Waals surface area contributed by atoms with Gasteiger partial charge in [-0.3, -0.25) is 44.0 Å². The van der Waals surface area contributed by atoms with E-state index in [0.717, 1.165) is 90.7 Å². The Hall–Kier alpha value is -6.31. The number of carbonyl (C=O) groups is 6. The molecule has 298 valence electrons. The Kier molecular flexibility index (Phi) is 13.8. The number of anilines is 2. The second-order valence-corrected chi connectivity index (χ2v) is 14.2. The molecular formula is C43H49N7O7. The minimum atomic E-state index is -1.08. The number of pyridine rings is 1. The van der Waals surface area contributed by atoms with E-state index in [-0.39, 0.29) is 48.1 Å². The molecule has 2 aliphatic rings. The van der Waals surface area contributed by atoms with Crippen LogP contribution in [-0.2, 0) is 20.9 Å². The second kappa shape index (κ2) is 19.5. The van der Waals surface area contributed by atoms with E-state index >= 15 is 0 Å². The maximum Gasteiger partial charge on any atom is 0.266 e. The van der Waals surface area contributed by atoms with Gasteiger partial charge in [0.25, 0.3) is 23.6 Å². The maximum atomic E-state index is 13.2. The number of fused-ring (bicyclic) bond motifs is 2. The van der Waals surface area contributed by atoms with Crippen molar-refractivity contribution in [1.29, 1.82) is 0 Å². The van der Waals surface area contributed by atoms with E-state index in [9.17, 15) is 28.8 Å². The van der Waals surface area contributed by atoms with Gasteiger partial charge in [-0.25, -0.2) is 0 Å². The molecule has 0 spiro atoms. The number of unbranched alkanes of at least 4 members (excludes halogenated alkanes) is 7. The lowest BCUT2D eigenvalue weighted by atomic mass is 10.0. The third-order valence-corrected chi connectivity index (χ3v) is 10.2. The molecule has 1 atom stereocenters. The molecule has 1 fully saturated rings. The summed E-state index contributed by atoms with van der Waals surface area (Å²) in [6.07, 6.45) is 10.2. The average Bonchev–Trinajstić information content (AvgIpc) is 3.48. The monoisotopic (exact) mass is 775 g/mol. The molecule has 4 aromatic rings. The van der Waals surface area contributed by atoms with Gasteiger partial charge in [0.05, 0.1) is 27.9 Å².